The van der Waals surface area contributed by atoms with E-state index in [9.17, 15) is 19.2 Å². The zero-order valence-corrected chi connectivity index (χ0v) is 17.1. The predicted octanol–water partition coefficient (Wildman–Crippen LogP) is 0.409. The molecule has 0 saturated carbocycles. The van der Waals surface area contributed by atoms with Crippen LogP contribution < -0.4 is 10.6 Å². The van der Waals surface area contributed by atoms with E-state index in [0.29, 0.717) is 31.5 Å². The predicted molar refractivity (Wildman–Crippen MR) is 110 cm³/mol. The first-order chi connectivity index (χ1) is 14.5. The van der Waals surface area contributed by atoms with Gasteiger partial charge in [0.05, 0.1) is 6.04 Å². The fourth-order valence-corrected chi connectivity index (χ4v) is 3.69. The van der Waals surface area contributed by atoms with Crippen LogP contribution in [0.15, 0.2) is 18.2 Å². The van der Waals surface area contributed by atoms with Crippen molar-refractivity contribution in [2.45, 2.75) is 44.8 Å². The number of aldehydes is 1. The maximum absolute atomic E-state index is 12.1. The van der Waals surface area contributed by atoms with Crippen molar-refractivity contribution >= 4 is 24.0 Å². The molecule has 2 fully saturated rings. The number of likely N-dealkylation sites (N-methyl/N-ethyl adjacent to an activating group) is 1. The van der Waals surface area contributed by atoms with Crippen molar-refractivity contribution in [1.82, 2.24) is 20.4 Å². The SMILES string of the molecule is CN(Cc1cc(CNC(=O)C#CN2CCCC2)ccc1C=O)C1CCC(=O)NC1=O. The minimum atomic E-state index is -0.425. The van der Waals surface area contributed by atoms with E-state index in [1.807, 2.05) is 15.9 Å². The van der Waals surface area contributed by atoms with E-state index in [0.717, 1.165) is 43.3 Å². The second-order valence-corrected chi connectivity index (χ2v) is 7.65. The zero-order chi connectivity index (χ0) is 21.5. The molecular formula is C22H26N4O4. The lowest BCUT2D eigenvalue weighted by Gasteiger charge is -2.30. The van der Waals surface area contributed by atoms with E-state index in [4.69, 9.17) is 0 Å². The monoisotopic (exact) mass is 410 g/mol. The Morgan fingerprint density at radius 1 is 1.33 bits per heavy atom. The molecule has 1 unspecified atom stereocenters. The lowest BCUT2D eigenvalue weighted by Crippen LogP contribution is -2.51. The van der Waals surface area contributed by atoms with Crippen LogP contribution in [-0.4, -0.2) is 60.0 Å². The Balaban J connectivity index is 1.61. The van der Waals surface area contributed by atoms with Crippen LogP contribution in [0.25, 0.3) is 0 Å². The van der Waals surface area contributed by atoms with Crippen molar-refractivity contribution in [2.75, 3.05) is 20.1 Å². The van der Waals surface area contributed by atoms with Gasteiger partial charge in [-0.05, 0) is 37.4 Å². The van der Waals surface area contributed by atoms with Gasteiger partial charge >= 0.3 is 0 Å². The van der Waals surface area contributed by atoms with Crippen molar-refractivity contribution < 1.29 is 19.2 Å². The molecule has 3 amide bonds. The largest absolute Gasteiger partial charge is 0.341 e. The minimum absolute atomic E-state index is 0.260. The third-order valence-electron chi connectivity index (χ3n) is 5.38. The van der Waals surface area contributed by atoms with E-state index in [-0.39, 0.29) is 17.7 Å². The summed E-state index contributed by atoms with van der Waals surface area (Å²) in [7, 11) is 1.79. The third kappa shape index (κ3) is 5.67. The molecule has 8 heteroatoms. The Morgan fingerprint density at radius 2 is 2.10 bits per heavy atom. The molecule has 2 N–H and O–H groups in total. The van der Waals surface area contributed by atoms with Gasteiger partial charge in [0, 0.05) is 50.1 Å². The fourth-order valence-electron chi connectivity index (χ4n) is 3.69. The van der Waals surface area contributed by atoms with E-state index in [1.54, 1.807) is 19.2 Å². The highest BCUT2D eigenvalue weighted by Crippen LogP contribution is 2.17. The number of rotatable bonds is 6. The number of amides is 3. The molecular weight excluding hydrogens is 384 g/mol. The normalized spacial score (nSPS) is 18.6. The van der Waals surface area contributed by atoms with Crippen LogP contribution in [0.3, 0.4) is 0 Å². The first-order valence-electron chi connectivity index (χ1n) is 10.1. The summed E-state index contributed by atoms with van der Waals surface area (Å²) < 4.78 is 0. The Morgan fingerprint density at radius 3 is 2.80 bits per heavy atom. The van der Waals surface area contributed by atoms with Crippen LogP contribution >= 0.6 is 0 Å². The van der Waals surface area contributed by atoms with Gasteiger partial charge < -0.3 is 10.2 Å². The van der Waals surface area contributed by atoms with E-state index in [1.165, 1.54) is 0 Å². The van der Waals surface area contributed by atoms with Crippen LogP contribution in [0.1, 0.15) is 47.2 Å². The summed E-state index contributed by atoms with van der Waals surface area (Å²) in [6.45, 7) is 2.47. The van der Waals surface area contributed by atoms with Crippen LogP contribution in [-0.2, 0) is 27.5 Å². The molecule has 0 bridgehead atoms. The highest BCUT2D eigenvalue weighted by atomic mass is 16.2. The molecule has 0 aliphatic carbocycles. The fraction of sp³-hybridized carbons (Fsp3) is 0.455. The highest BCUT2D eigenvalue weighted by Gasteiger charge is 2.30. The summed E-state index contributed by atoms with van der Waals surface area (Å²) in [5, 5.41) is 5.12. The van der Waals surface area contributed by atoms with Gasteiger partial charge in [0.2, 0.25) is 11.8 Å². The summed E-state index contributed by atoms with van der Waals surface area (Å²) in [6.07, 6.45) is 3.73. The first kappa shape index (κ1) is 21.5. The Labute approximate surface area is 176 Å². The molecule has 1 aromatic carbocycles. The summed E-state index contributed by atoms with van der Waals surface area (Å²) in [6, 6.07) is 7.79. The van der Waals surface area contributed by atoms with Crippen LogP contribution in [0.2, 0.25) is 0 Å². The number of imide groups is 1. The number of carbonyl (C=O) groups excluding carboxylic acids is 4. The molecule has 30 heavy (non-hydrogen) atoms. The van der Waals surface area contributed by atoms with Gasteiger partial charge in [0.25, 0.3) is 5.91 Å². The van der Waals surface area contributed by atoms with Crippen molar-refractivity contribution in [3.63, 3.8) is 0 Å². The molecule has 158 valence electrons. The second-order valence-electron chi connectivity index (χ2n) is 7.65. The van der Waals surface area contributed by atoms with Crippen molar-refractivity contribution in [3.8, 4) is 12.0 Å². The average molecular weight is 410 g/mol. The molecule has 2 heterocycles. The Bertz CT molecular complexity index is 896. The first-order valence-corrected chi connectivity index (χ1v) is 10.1. The number of benzene rings is 1. The standard InChI is InChI=1S/C22H26N4O4/c1-25(19-6-7-21(29)24-22(19)30)14-18-12-16(4-5-17(18)15-27)13-23-20(28)8-11-26-9-2-3-10-26/h4-5,12,15,19H,2-3,6-7,9-10,13-14H2,1H3,(H,23,28)(H,24,29,30). The van der Waals surface area contributed by atoms with Crippen molar-refractivity contribution in [3.05, 3.63) is 34.9 Å². The van der Waals surface area contributed by atoms with E-state index < -0.39 is 6.04 Å². The molecule has 2 aliphatic heterocycles. The number of likely N-dealkylation sites (tertiary alicyclic amines) is 1. The van der Waals surface area contributed by atoms with E-state index >= 15 is 0 Å². The number of nitrogens with one attached hydrogen (secondary N) is 2. The molecule has 2 aliphatic rings. The second kappa shape index (κ2) is 10.0. The number of piperidine rings is 1. The lowest BCUT2D eigenvalue weighted by atomic mass is 10.0. The Kier molecular flexibility index (Phi) is 7.20. The highest BCUT2D eigenvalue weighted by molar-refractivity contribution is 6.00. The lowest BCUT2D eigenvalue weighted by molar-refractivity contribution is -0.137. The van der Waals surface area contributed by atoms with Crippen LogP contribution in [0.5, 0.6) is 0 Å². The maximum Gasteiger partial charge on any atom is 0.297 e. The molecule has 1 aromatic rings. The number of nitrogens with zero attached hydrogens (tertiary/aromatic N) is 2. The molecule has 0 aromatic heterocycles. The molecule has 1 atom stereocenters. The summed E-state index contributed by atoms with van der Waals surface area (Å²) in [5.74, 6) is 1.68. The minimum Gasteiger partial charge on any atom is -0.341 e. The summed E-state index contributed by atoms with van der Waals surface area (Å²) in [5.41, 5.74) is 2.12. The van der Waals surface area contributed by atoms with Crippen molar-refractivity contribution in [1.29, 1.82) is 0 Å². The van der Waals surface area contributed by atoms with Crippen LogP contribution in [0.4, 0.5) is 0 Å². The van der Waals surface area contributed by atoms with Gasteiger partial charge in [-0.25, -0.2) is 0 Å². The maximum atomic E-state index is 12.1. The summed E-state index contributed by atoms with van der Waals surface area (Å²) >= 11 is 0. The van der Waals surface area contributed by atoms with Gasteiger partial charge in [-0.2, -0.15) is 0 Å². The molecule has 3 rings (SSSR count). The summed E-state index contributed by atoms with van der Waals surface area (Å²) in [4.78, 5) is 50.6. The number of carbonyl (C=O) groups is 4. The third-order valence-corrected chi connectivity index (χ3v) is 5.38. The quantitative estimate of drug-likeness (QED) is 0.400. The van der Waals surface area contributed by atoms with Gasteiger partial charge in [0.15, 0.2) is 0 Å². The smallest absolute Gasteiger partial charge is 0.297 e. The zero-order valence-electron chi connectivity index (χ0n) is 17.1. The van der Waals surface area contributed by atoms with Gasteiger partial charge in [0.1, 0.15) is 6.29 Å². The topological polar surface area (TPSA) is 98.8 Å². The number of hydrogen-bond acceptors (Lipinski definition) is 6. The van der Waals surface area contributed by atoms with E-state index in [2.05, 4.69) is 22.6 Å². The Hall–Kier alpha value is -3.18. The number of hydrogen-bond donors (Lipinski definition) is 2. The molecule has 0 spiro atoms. The molecule has 0 radical (unpaired) electrons. The van der Waals surface area contributed by atoms with Gasteiger partial charge in [-0.1, -0.05) is 18.2 Å². The van der Waals surface area contributed by atoms with Gasteiger partial charge in [-0.15, -0.1) is 0 Å². The van der Waals surface area contributed by atoms with Gasteiger partial charge in [-0.3, -0.25) is 29.4 Å². The average Bonchev–Trinajstić information content (AvgIpc) is 3.24. The molecule has 2 saturated heterocycles. The molecule has 8 nitrogen and oxygen atoms in total. The van der Waals surface area contributed by atoms with Crippen LogP contribution in [0, 0.1) is 12.0 Å². The van der Waals surface area contributed by atoms with Crippen molar-refractivity contribution in [2.24, 2.45) is 0 Å².